The Bertz CT molecular complexity index is 411. The van der Waals surface area contributed by atoms with Crippen LogP contribution in [0.3, 0.4) is 0 Å². The fourth-order valence-corrected chi connectivity index (χ4v) is 2.11. The molecule has 0 spiro atoms. The zero-order valence-electron chi connectivity index (χ0n) is 7.42. The van der Waals surface area contributed by atoms with E-state index in [0.29, 0.717) is 5.56 Å². The van der Waals surface area contributed by atoms with Crippen LogP contribution in [0, 0.1) is 14.9 Å². The normalized spacial score (nSPS) is 11.9. The predicted octanol–water partition coefficient (Wildman–Crippen LogP) is 3.19. The second kappa shape index (κ2) is 4.89. The van der Waals surface area contributed by atoms with Gasteiger partial charge in [0.1, 0.15) is 11.9 Å². The Balaban J connectivity index is 3.29. The molecule has 0 bridgehead atoms. The van der Waals surface area contributed by atoms with Crippen molar-refractivity contribution in [2.24, 2.45) is 0 Å². The number of hydrogen-bond acceptors (Lipinski definition) is 2. The van der Waals surface area contributed by atoms with Crippen LogP contribution in [0.25, 0.3) is 0 Å². The van der Waals surface area contributed by atoms with Crippen molar-refractivity contribution in [2.75, 3.05) is 0 Å². The van der Waals surface area contributed by atoms with Gasteiger partial charge in [-0.05, 0) is 41.1 Å². The van der Waals surface area contributed by atoms with Gasteiger partial charge in [0, 0.05) is 3.57 Å². The largest absolute Gasteiger partial charge is 0.298 e. The van der Waals surface area contributed by atoms with Crippen LogP contribution < -0.4 is 0 Å². The minimum atomic E-state index is -0.383. The highest BCUT2D eigenvalue weighted by molar-refractivity contribution is 14.1. The number of carbonyl (C=O) groups excluding carboxylic acids is 1. The molecule has 2 nitrogen and oxygen atoms in total. The summed E-state index contributed by atoms with van der Waals surface area (Å²) in [4.78, 5) is 10.8. The first-order valence-corrected chi connectivity index (χ1v) is 5.90. The summed E-state index contributed by atoms with van der Waals surface area (Å²) in [6.45, 7) is 1.50. The third-order valence-electron chi connectivity index (χ3n) is 1.79. The zero-order valence-corrected chi connectivity index (χ0v) is 11.2. The van der Waals surface area contributed by atoms with Gasteiger partial charge in [0.05, 0.1) is 10.4 Å². The highest BCUT2D eigenvalue weighted by atomic mass is 127. The summed E-state index contributed by atoms with van der Waals surface area (Å²) in [6.07, 6.45) is 0. The molecule has 0 aromatic heterocycles. The van der Waals surface area contributed by atoms with E-state index in [0.717, 1.165) is 9.13 Å². The maximum atomic E-state index is 11.2. The van der Waals surface area contributed by atoms with Crippen molar-refractivity contribution in [1.29, 1.82) is 5.26 Å². The molecule has 1 rings (SSSR count). The van der Waals surface area contributed by atoms with Crippen molar-refractivity contribution in [2.45, 2.75) is 11.8 Å². The lowest BCUT2D eigenvalue weighted by Crippen LogP contribution is -2.04. The number of benzene rings is 1. The Hall–Kier alpha value is -0.410. The molecule has 0 N–H and O–H groups in total. The molecular formula is C10H7BrINO. The molecule has 4 heteroatoms. The number of hydrogen-bond donors (Lipinski definition) is 0. The molecular weight excluding hydrogens is 357 g/mol. The molecule has 0 aliphatic rings. The van der Waals surface area contributed by atoms with Gasteiger partial charge in [0.15, 0.2) is 0 Å². The number of nitrogens with zero attached hydrogens (tertiary/aromatic N) is 1. The third-order valence-corrected chi connectivity index (χ3v) is 3.82. The number of nitriles is 1. The third kappa shape index (κ3) is 2.34. The quantitative estimate of drug-likeness (QED) is 0.598. The van der Waals surface area contributed by atoms with Crippen LogP contribution >= 0.6 is 38.5 Å². The molecule has 0 saturated heterocycles. The van der Waals surface area contributed by atoms with Gasteiger partial charge in [-0.2, -0.15) is 5.26 Å². The summed E-state index contributed by atoms with van der Waals surface area (Å²) in [5.41, 5.74) is 1.32. The van der Waals surface area contributed by atoms with E-state index in [2.05, 4.69) is 44.6 Å². The van der Waals surface area contributed by atoms with Crippen LogP contribution in [0.2, 0.25) is 0 Å². The number of Topliss-reactive ketones (excluding diaryl/α,β-unsaturated/α-hetero) is 1. The van der Waals surface area contributed by atoms with Crippen LogP contribution in [-0.2, 0) is 4.79 Å². The smallest absolute Gasteiger partial charge is 0.147 e. The lowest BCUT2D eigenvalue weighted by atomic mass is 10.0. The van der Waals surface area contributed by atoms with Crippen LogP contribution in [0.4, 0.5) is 0 Å². The van der Waals surface area contributed by atoms with Crippen LogP contribution in [0.5, 0.6) is 0 Å². The van der Waals surface area contributed by atoms with Crippen molar-refractivity contribution in [3.63, 3.8) is 0 Å². The second-order valence-electron chi connectivity index (χ2n) is 2.79. The summed E-state index contributed by atoms with van der Waals surface area (Å²) >= 11 is 5.36. The lowest BCUT2D eigenvalue weighted by molar-refractivity contribution is -0.116. The first kappa shape index (κ1) is 11.7. The standard InChI is InChI=1S/C10H7BrINO/c1-6(14)10(11)7-3-2-4-9(12)8(7)5-13/h2-4,10H,1H3. The van der Waals surface area contributed by atoms with Crippen LogP contribution in [0.15, 0.2) is 18.2 Å². The minimum Gasteiger partial charge on any atom is -0.298 e. The molecule has 1 unspecified atom stereocenters. The molecule has 0 fully saturated rings. The molecule has 1 atom stereocenters. The summed E-state index contributed by atoms with van der Waals surface area (Å²) in [6, 6.07) is 7.60. The summed E-state index contributed by atoms with van der Waals surface area (Å²) in [5, 5.41) is 8.94. The van der Waals surface area contributed by atoms with E-state index in [9.17, 15) is 4.79 Å². The van der Waals surface area contributed by atoms with Crippen LogP contribution in [0.1, 0.15) is 22.9 Å². The molecule has 1 aromatic carbocycles. The predicted molar refractivity (Wildman–Crippen MR) is 66.2 cm³/mol. The van der Waals surface area contributed by atoms with Gasteiger partial charge in [0.2, 0.25) is 0 Å². The zero-order chi connectivity index (χ0) is 10.7. The molecule has 0 radical (unpaired) electrons. The average Bonchev–Trinajstić information content (AvgIpc) is 2.16. The number of carbonyl (C=O) groups is 1. The second-order valence-corrected chi connectivity index (χ2v) is 4.87. The van der Waals surface area contributed by atoms with Gasteiger partial charge in [0.25, 0.3) is 0 Å². The number of ketones is 1. The number of rotatable bonds is 2. The monoisotopic (exact) mass is 363 g/mol. The van der Waals surface area contributed by atoms with Gasteiger partial charge < -0.3 is 0 Å². The molecule has 0 saturated carbocycles. The molecule has 0 aliphatic heterocycles. The highest BCUT2D eigenvalue weighted by Gasteiger charge is 2.17. The topological polar surface area (TPSA) is 40.9 Å². The average molecular weight is 364 g/mol. The molecule has 72 valence electrons. The Labute approximate surface area is 105 Å². The SMILES string of the molecule is CC(=O)C(Br)c1cccc(I)c1C#N. The molecule has 0 amide bonds. The van der Waals surface area contributed by atoms with Gasteiger partial charge in [-0.15, -0.1) is 0 Å². The van der Waals surface area contributed by atoms with E-state index >= 15 is 0 Å². The lowest BCUT2D eigenvalue weighted by Gasteiger charge is -2.09. The Morgan fingerprint density at radius 3 is 2.79 bits per heavy atom. The van der Waals surface area contributed by atoms with E-state index in [4.69, 9.17) is 5.26 Å². The maximum Gasteiger partial charge on any atom is 0.147 e. The van der Waals surface area contributed by atoms with E-state index < -0.39 is 0 Å². The minimum absolute atomic E-state index is 0.00324. The molecule has 0 heterocycles. The Morgan fingerprint density at radius 2 is 2.29 bits per heavy atom. The van der Waals surface area contributed by atoms with Gasteiger partial charge in [-0.3, -0.25) is 4.79 Å². The van der Waals surface area contributed by atoms with E-state index in [-0.39, 0.29) is 10.6 Å². The van der Waals surface area contributed by atoms with Crippen molar-refractivity contribution in [3.8, 4) is 6.07 Å². The Morgan fingerprint density at radius 1 is 1.64 bits per heavy atom. The fraction of sp³-hybridized carbons (Fsp3) is 0.200. The Kier molecular flexibility index (Phi) is 4.08. The first-order chi connectivity index (χ1) is 6.57. The van der Waals surface area contributed by atoms with Crippen molar-refractivity contribution >= 4 is 44.3 Å². The first-order valence-electron chi connectivity index (χ1n) is 3.91. The molecule has 0 aliphatic carbocycles. The molecule has 1 aromatic rings. The highest BCUT2D eigenvalue weighted by Crippen LogP contribution is 2.28. The summed E-state index contributed by atoms with van der Waals surface area (Å²) in [5.74, 6) is 0.00324. The van der Waals surface area contributed by atoms with Crippen molar-refractivity contribution in [3.05, 3.63) is 32.9 Å². The van der Waals surface area contributed by atoms with E-state index in [1.165, 1.54) is 6.92 Å². The summed E-state index contributed by atoms with van der Waals surface area (Å²) < 4.78 is 0.869. The van der Waals surface area contributed by atoms with Crippen molar-refractivity contribution in [1.82, 2.24) is 0 Å². The van der Waals surface area contributed by atoms with Gasteiger partial charge in [-0.25, -0.2) is 0 Å². The van der Waals surface area contributed by atoms with Crippen LogP contribution in [-0.4, -0.2) is 5.78 Å². The number of halogens is 2. The van der Waals surface area contributed by atoms with Gasteiger partial charge >= 0.3 is 0 Å². The van der Waals surface area contributed by atoms with E-state index in [1.54, 1.807) is 6.07 Å². The summed E-state index contributed by atoms with van der Waals surface area (Å²) in [7, 11) is 0. The van der Waals surface area contributed by atoms with Crippen molar-refractivity contribution < 1.29 is 4.79 Å². The fourth-order valence-electron chi connectivity index (χ4n) is 1.09. The van der Waals surface area contributed by atoms with Gasteiger partial charge in [-0.1, -0.05) is 28.1 Å². The van der Waals surface area contributed by atoms with E-state index in [1.807, 2.05) is 12.1 Å². The molecule has 14 heavy (non-hydrogen) atoms. The number of alkyl halides is 1. The maximum absolute atomic E-state index is 11.2.